The van der Waals surface area contributed by atoms with Crippen molar-refractivity contribution in [3.63, 3.8) is 0 Å². The van der Waals surface area contributed by atoms with Crippen LogP contribution in [-0.2, 0) is 19.3 Å². The first kappa shape index (κ1) is 14.3. The Morgan fingerprint density at radius 1 is 1.05 bits per heavy atom. The van der Waals surface area contributed by atoms with Gasteiger partial charge in [-0.1, -0.05) is 30.3 Å². The molecule has 2 rings (SSSR count). The van der Waals surface area contributed by atoms with E-state index >= 15 is 0 Å². The van der Waals surface area contributed by atoms with Crippen LogP contribution in [0.5, 0.6) is 0 Å². The quantitative estimate of drug-likeness (QED) is 0.905. The number of aliphatic hydroxyl groups is 1. The molecule has 0 unspecified atom stereocenters. The molecule has 1 heterocycles. The lowest BCUT2D eigenvalue weighted by atomic mass is 10.1. The Labute approximate surface area is 114 Å². The number of aromatic nitrogens is 1. The third-order valence-corrected chi connectivity index (χ3v) is 2.69. The lowest BCUT2D eigenvalue weighted by Gasteiger charge is -2.10. The van der Waals surface area contributed by atoms with E-state index in [0.717, 1.165) is 17.2 Å². The molecule has 0 aliphatic heterocycles. The number of hydrogen-bond acceptors (Lipinski definition) is 3. The highest BCUT2D eigenvalue weighted by molar-refractivity contribution is 5.37. The summed E-state index contributed by atoms with van der Waals surface area (Å²) in [7, 11) is 0. The van der Waals surface area contributed by atoms with E-state index in [-0.39, 0.29) is 12.4 Å². The van der Waals surface area contributed by atoms with Gasteiger partial charge in [-0.25, -0.2) is 4.98 Å². The van der Waals surface area contributed by atoms with Gasteiger partial charge in [0.15, 0.2) is 0 Å². The molecule has 20 heavy (non-hydrogen) atoms. The van der Waals surface area contributed by atoms with Crippen molar-refractivity contribution in [2.24, 2.45) is 0 Å². The summed E-state index contributed by atoms with van der Waals surface area (Å²) in [6, 6.07) is 10.9. The molecule has 106 valence electrons. The monoisotopic (exact) mass is 282 g/mol. The van der Waals surface area contributed by atoms with Crippen LogP contribution in [0.1, 0.15) is 16.8 Å². The average Bonchev–Trinajstić information content (AvgIpc) is 2.45. The van der Waals surface area contributed by atoms with Crippen LogP contribution in [0, 0.1) is 0 Å². The second-order valence-corrected chi connectivity index (χ2v) is 4.24. The van der Waals surface area contributed by atoms with Crippen molar-refractivity contribution in [2.75, 3.05) is 5.32 Å². The zero-order valence-electron chi connectivity index (χ0n) is 10.5. The molecule has 2 N–H and O–H groups in total. The van der Waals surface area contributed by atoms with Gasteiger partial charge < -0.3 is 10.4 Å². The van der Waals surface area contributed by atoms with E-state index in [2.05, 4.69) is 10.3 Å². The van der Waals surface area contributed by atoms with Gasteiger partial charge in [0.05, 0.1) is 6.61 Å². The van der Waals surface area contributed by atoms with Gasteiger partial charge in [0, 0.05) is 6.54 Å². The summed E-state index contributed by atoms with van der Waals surface area (Å²) in [5.74, 6) is 0.161. The molecule has 0 saturated carbocycles. The average molecular weight is 282 g/mol. The Morgan fingerprint density at radius 3 is 2.45 bits per heavy atom. The van der Waals surface area contributed by atoms with E-state index in [4.69, 9.17) is 5.11 Å². The molecule has 1 aromatic carbocycles. The predicted octanol–water partition coefficient (Wildman–Crippen LogP) is 3.20. The minimum absolute atomic E-state index is 0.0738. The number of alkyl halides is 3. The first-order chi connectivity index (χ1) is 9.49. The molecule has 3 nitrogen and oxygen atoms in total. The normalized spacial score (nSPS) is 11.4. The number of benzene rings is 1. The van der Waals surface area contributed by atoms with Crippen LogP contribution in [0.4, 0.5) is 19.0 Å². The SMILES string of the molecule is OCc1cccc(CNc2cccc(C(F)(F)F)n2)c1. The van der Waals surface area contributed by atoms with Crippen LogP contribution in [0.25, 0.3) is 0 Å². The van der Waals surface area contributed by atoms with Gasteiger partial charge in [0.25, 0.3) is 0 Å². The molecule has 0 radical (unpaired) electrons. The van der Waals surface area contributed by atoms with Crippen molar-refractivity contribution >= 4 is 5.82 Å². The van der Waals surface area contributed by atoms with Gasteiger partial charge in [0.2, 0.25) is 0 Å². The Morgan fingerprint density at radius 2 is 1.75 bits per heavy atom. The van der Waals surface area contributed by atoms with Crippen LogP contribution in [0.2, 0.25) is 0 Å². The molecule has 0 aliphatic carbocycles. The maximum absolute atomic E-state index is 12.5. The zero-order valence-corrected chi connectivity index (χ0v) is 10.5. The Bertz CT molecular complexity index is 585. The van der Waals surface area contributed by atoms with E-state index in [9.17, 15) is 13.2 Å². The Balaban J connectivity index is 2.07. The van der Waals surface area contributed by atoms with E-state index in [0.29, 0.717) is 6.54 Å². The fourth-order valence-corrected chi connectivity index (χ4v) is 1.72. The summed E-state index contributed by atoms with van der Waals surface area (Å²) in [4.78, 5) is 3.52. The zero-order chi connectivity index (χ0) is 14.6. The number of hydrogen-bond donors (Lipinski definition) is 2. The van der Waals surface area contributed by atoms with Crippen molar-refractivity contribution in [1.29, 1.82) is 0 Å². The Hall–Kier alpha value is -2.08. The first-order valence-corrected chi connectivity index (χ1v) is 5.96. The van der Waals surface area contributed by atoms with Crippen molar-refractivity contribution in [1.82, 2.24) is 4.98 Å². The molecule has 0 aliphatic rings. The summed E-state index contributed by atoms with van der Waals surface area (Å²) in [5.41, 5.74) is 0.684. The minimum Gasteiger partial charge on any atom is -0.392 e. The number of nitrogens with one attached hydrogen (secondary N) is 1. The van der Waals surface area contributed by atoms with Crippen molar-refractivity contribution < 1.29 is 18.3 Å². The lowest BCUT2D eigenvalue weighted by Crippen LogP contribution is -2.10. The maximum Gasteiger partial charge on any atom is 0.433 e. The second-order valence-electron chi connectivity index (χ2n) is 4.24. The number of nitrogens with zero attached hydrogens (tertiary/aromatic N) is 1. The van der Waals surface area contributed by atoms with Gasteiger partial charge in [-0.05, 0) is 23.3 Å². The van der Waals surface area contributed by atoms with Crippen molar-refractivity contribution in [2.45, 2.75) is 19.3 Å². The molecule has 0 fully saturated rings. The summed E-state index contributed by atoms with van der Waals surface area (Å²) < 4.78 is 37.5. The Kier molecular flexibility index (Phi) is 4.24. The van der Waals surface area contributed by atoms with Crippen LogP contribution in [-0.4, -0.2) is 10.1 Å². The fourth-order valence-electron chi connectivity index (χ4n) is 1.72. The largest absolute Gasteiger partial charge is 0.433 e. The number of anilines is 1. The van der Waals surface area contributed by atoms with Gasteiger partial charge in [-0.2, -0.15) is 13.2 Å². The van der Waals surface area contributed by atoms with Crippen molar-refractivity contribution in [3.05, 3.63) is 59.3 Å². The molecular weight excluding hydrogens is 269 g/mol. The standard InChI is InChI=1S/C14H13F3N2O/c15-14(16,17)12-5-2-6-13(19-12)18-8-10-3-1-4-11(7-10)9-20/h1-7,20H,8-9H2,(H,18,19). The number of aliphatic hydroxyl groups excluding tert-OH is 1. The van der Waals surface area contributed by atoms with E-state index in [1.807, 2.05) is 6.07 Å². The molecular formula is C14H13F3N2O. The predicted molar refractivity (Wildman–Crippen MR) is 68.9 cm³/mol. The summed E-state index contributed by atoms with van der Waals surface area (Å²) >= 11 is 0. The van der Waals surface area contributed by atoms with Gasteiger partial charge in [-0.15, -0.1) is 0 Å². The molecule has 1 aromatic heterocycles. The number of rotatable bonds is 4. The van der Waals surface area contributed by atoms with Crippen LogP contribution in [0.15, 0.2) is 42.5 Å². The molecule has 0 spiro atoms. The van der Waals surface area contributed by atoms with Crippen LogP contribution in [0.3, 0.4) is 0 Å². The van der Waals surface area contributed by atoms with Crippen molar-refractivity contribution in [3.8, 4) is 0 Å². The van der Waals surface area contributed by atoms with Crippen LogP contribution < -0.4 is 5.32 Å². The summed E-state index contributed by atoms with van der Waals surface area (Å²) in [6.45, 7) is 0.262. The van der Waals surface area contributed by atoms with Crippen LogP contribution >= 0.6 is 0 Å². The molecule has 0 saturated heterocycles. The van der Waals surface area contributed by atoms with E-state index < -0.39 is 11.9 Å². The summed E-state index contributed by atoms with van der Waals surface area (Å²) in [6.07, 6.45) is -4.45. The highest BCUT2D eigenvalue weighted by atomic mass is 19.4. The van der Waals surface area contributed by atoms with Gasteiger partial charge >= 0.3 is 6.18 Å². The minimum atomic E-state index is -4.45. The third-order valence-electron chi connectivity index (χ3n) is 2.69. The van der Waals surface area contributed by atoms with E-state index in [1.165, 1.54) is 12.1 Å². The topological polar surface area (TPSA) is 45.1 Å². The lowest BCUT2D eigenvalue weighted by molar-refractivity contribution is -0.141. The number of pyridine rings is 1. The second kappa shape index (κ2) is 5.92. The number of halogens is 3. The molecule has 0 amide bonds. The molecule has 6 heteroatoms. The third kappa shape index (κ3) is 3.71. The van der Waals surface area contributed by atoms with E-state index in [1.54, 1.807) is 18.2 Å². The molecule has 0 atom stereocenters. The smallest absolute Gasteiger partial charge is 0.392 e. The maximum atomic E-state index is 12.5. The fraction of sp³-hybridized carbons (Fsp3) is 0.214. The highest BCUT2D eigenvalue weighted by Gasteiger charge is 2.32. The highest BCUT2D eigenvalue weighted by Crippen LogP contribution is 2.28. The van der Waals surface area contributed by atoms with Gasteiger partial charge in [-0.3, -0.25) is 0 Å². The van der Waals surface area contributed by atoms with Gasteiger partial charge in [0.1, 0.15) is 11.5 Å². The summed E-state index contributed by atoms with van der Waals surface area (Å²) in [5, 5.41) is 11.8. The molecule has 2 aromatic rings. The first-order valence-electron chi connectivity index (χ1n) is 5.96. The molecule has 0 bridgehead atoms.